The van der Waals surface area contributed by atoms with Crippen LogP contribution in [0.3, 0.4) is 0 Å². The van der Waals surface area contributed by atoms with Gasteiger partial charge < -0.3 is 15.5 Å². The highest BCUT2D eigenvalue weighted by atomic mass is 35.5. The zero-order chi connectivity index (χ0) is 20.4. The lowest BCUT2D eigenvalue weighted by molar-refractivity contribution is -0.116. The van der Waals surface area contributed by atoms with Crippen LogP contribution in [0.5, 0.6) is 0 Å². The third kappa shape index (κ3) is 4.51. The van der Waals surface area contributed by atoms with Gasteiger partial charge in [0.15, 0.2) is 0 Å². The van der Waals surface area contributed by atoms with E-state index in [-0.39, 0.29) is 17.6 Å². The van der Waals surface area contributed by atoms with Gasteiger partial charge in [-0.15, -0.1) is 0 Å². The molecule has 2 aromatic rings. The van der Waals surface area contributed by atoms with E-state index in [1.54, 1.807) is 30.0 Å². The molecule has 2 aliphatic rings. The maximum Gasteiger partial charge on any atom is 0.253 e. The fourth-order valence-electron chi connectivity index (χ4n) is 3.53. The summed E-state index contributed by atoms with van der Waals surface area (Å²) in [7, 11) is 0. The van der Waals surface area contributed by atoms with E-state index in [4.69, 9.17) is 11.6 Å². The average Bonchev–Trinajstić information content (AvgIpc) is 3.24. The SMILES string of the molecule is O=C1Nc2cc(C(=O)N3CCCC3)ccc2NC1CSCc1ccc(F)cc1Cl. The van der Waals surface area contributed by atoms with Gasteiger partial charge in [-0.25, -0.2) is 4.39 Å². The van der Waals surface area contributed by atoms with E-state index in [1.165, 1.54) is 12.1 Å². The number of anilines is 2. The summed E-state index contributed by atoms with van der Waals surface area (Å²) in [4.78, 5) is 26.9. The van der Waals surface area contributed by atoms with E-state index >= 15 is 0 Å². The van der Waals surface area contributed by atoms with Crippen LogP contribution in [-0.4, -0.2) is 41.6 Å². The number of carbonyl (C=O) groups is 2. The van der Waals surface area contributed by atoms with Crippen LogP contribution in [0.2, 0.25) is 5.02 Å². The number of hydrogen-bond donors (Lipinski definition) is 2. The molecule has 4 rings (SSSR count). The number of thioether (sulfide) groups is 1. The van der Waals surface area contributed by atoms with Crippen molar-refractivity contribution in [2.75, 3.05) is 29.5 Å². The summed E-state index contributed by atoms with van der Waals surface area (Å²) in [6, 6.07) is 9.31. The molecular weight excluding hydrogens is 413 g/mol. The number of nitrogens with zero attached hydrogens (tertiary/aromatic N) is 1. The Balaban J connectivity index is 1.38. The van der Waals surface area contributed by atoms with Crippen LogP contribution in [0.25, 0.3) is 0 Å². The normalized spacial score (nSPS) is 18.2. The quantitative estimate of drug-likeness (QED) is 0.734. The fraction of sp³-hybridized carbons (Fsp3) is 0.333. The number of likely N-dealkylation sites (tertiary alicyclic amines) is 1. The maximum atomic E-state index is 13.1. The van der Waals surface area contributed by atoms with Crippen LogP contribution in [0, 0.1) is 5.82 Å². The number of benzene rings is 2. The van der Waals surface area contributed by atoms with Gasteiger partial charge in [0.2, 0.25) is 5.91 Å². The summed E-state index contributed by atoms with van der Waals surface area (Å²) in [6.07, 6.45) is 2.08. The van der Waals surface area contributed by atoms with E-state index in [9.17, 15) is 14.0 Å². The number of nitrogens with one attached hydrogen (secondary N) is 2. The van der Waals surface area contributed by atoms with Gasteiger partial charge in [0.25, 0.3) is 5.91 Å². The van der Waals surface area contributed by atoms with Gasteiger partial charge in [-0.1, -0.05) is 17.7 Å². The lowest BCUT2D eigenvalue weighted by atomic mass is 10.1. The van der Waals surface area contributed by atoms with Gasteiger partial charge in [0.05, 0.1) is 11.4 Å². The van der Waals surface area contributed by atoms with Gasteiger partial charge in [-0.3, -0.25) is 9.59 Å². The van der Waals surface area contributed by atoms with Crippen molar-refractivity contribution >= 4 is 46.6 Å². The molecule has 152 valence electrons. The molecule has 1 saturated heterocycles. The molecule has 2 N–H and O–H groups in total. The van der Waals surface area contributed by atoms with Crippen molar-refractivity contribution in [1.82, 2.24) is 4.90 Å². The molecule has 29 heavy (non-hydrogen) atoms. The first-order valence-electron chi connectivity index (χ1n) is 9.53. The molecule has 0 saturated carbocycles. The number of hydrogen-bond acceptors (Lipinski definition) is 4. The molecule has 8 heteroatoms. The van der Waals surface area contributed by atoms with Gasteiger partial charge in [0.1, 0.15) is 11.9 Å². The smallest absolute Gasteiger partial charge is 0.253 e. The first kappa shape index (κ1) is 20.0. The molecule has 5 nitrogen and oxygen atoms in total. The van der Waals surface area contributed by atoms with Crippen LogP contribution < -0.4 is 10.6 Å². The molecule has 1 fully saturated rings. The topological polar surface area (TPSA) is 61.4 Å². The number of rotatable bonds is 5. The fourth-order valence-corrected chi connectivity index (χ4v) is 4.90. The van der Waals surface area contributed by atoms with Crippen LogP contribution in [0.15, 0.2) is 36.4 Å². The Morgan fingerprint density at radius 3 is 2.72 bits per heavy atom. The van der Waals surface area contributed by atoms with Crippen molar-refractivity contribution in [3.63, 3.8) is 0 Å². The Morgan fingerprint density at radius 2 is 1.97 bits per heavy atom. The molecule has 0 aliphatic carbocycles. The third-order valence-electron chi connectivity index (χ3n) is 5.12. The Labute approximate surface area is 178 Å². The van der Waals surface area contributed by atoms with Crippen molar-refractivity contribution in [2.24, 2.45) is 0 Å². The molecule has 2 aliphatic heterocycles. The van der Waals surface area contributed by atoms with Crippen molar-refractivity contribution in [3.05, 3.63) is 58.4 Å². The summed E-state index contributed by atoms with van der Waals surface area (Å²) >= 11 is 7.60. The minimum atomic E-state index is -0.396. The molecule has 2 aromatic carbocycles. The Morgan fingerprint density at radius 1 is 1.17 bits per heavy atom. The second-order valence-corrected chi connectivity index (χ2v) is 8.63. The van der Waals surface area contributed by atoms with Gasteiger partial charge in [-0.2, -0.15) is 11.8 Å². The zero-order valence-electron chi connectivity index (χ0n) is 15.7. The zero-order valence-corrected chi connectivity index (χ0v) is 17.3. The molecule has 2 amide bonds. The minimum absolute atomic E-state index is 0.00778. The standard InChI is InChI=1S/C21H21ClFN3O2S/c22-16-10-15(23)5-3-14(16)11-29-12-19-20(27)25-18-9-13(4-6-17(18)24-19)21(28)26-7-1-2-8-26/h3-6,9-10,19,24H,1-2,7-8,11-12H2,(H,25,27). The highest BCUT2D eigenvalue weighted by Gasteiger charge is 2.27. The van der Waals surface area contributed by atoms with E-state index < -0.39 is 6.04 Å². The number of fused-ring (bicyclic) bond motifs is 1. The summed E-state index contributed by atoms with van der Waals surface area (Å²) in [6.45, 7) is 1.58. The number of amides is 2. The van der Waals surface area contributed by atoms with Crippen LogP contribution in [-0.2, 0) is 10.5 Å². The van der Waals surface area contributed by atoms with Gasteiger partial charge in [0, 0.05) is 35.2 Å². The Hall–Kier alpha value is -2.25. The lowest BCUT2D eigenvalue weighted by Gasteiger charge is -2.27. The second-order valence-electron chi connectivity index (χ2n) is 7.20. The second kappa shape index (κ2) is 8.63. The Kier molecular flexibility index (Phi) is 5.96. The summed E-state index contributed by atoms with van der Waals surface area (Å²) in [5.41, 5.74) is 2.85. The van der Waals surface area contributed by atoms with Gasteiger partial charge in [-0.05, 0) is 48.7 Å². The van der Waals surface area contributed by atoms with E-state index in [0.29, 0.717) is 27.8 Å². The monoisotopic (exact) mass is 433 g/mol. The predicted octanol–water partition coefficient (Wildman–Crippen LogP) is 4.38. The predicted molar refractivity (Wildman–Crippen MR) is 115 cm³/mol. The first-order chi connectivity index (χ1) is 14.0. The molecule has 1 unspecified atom stereocenters. The van der Waals surface area contributed by atoms with Crippen LogP contribution in [0.1, 0.15) is 28.8 Å². The van der Waals surface area contributed by atoms with Gasteiger partial charge >= 0.3 is 0 Å². The molecule has 0 aromatic heterocycles. The van der Waals surface area contributed by atoms with E-state index in [2.05, 4.69) is 10.6 Å². The highest BCUT2D eigenvalue weighted by molar-refractivity contribution is 7.98. The van der Waals surface area contributed by atoms with Crippen LogP contribution >= 0.6 is 23.4 Å². The largest absolute Gasteiger partial charge is 0.371 e. The highest BCUT2D eigenvalue weighted by Crippen LogP contribution is 2.30. The summed E-state index contributed by atoms with van der Waals surface area (Å²) < 4.78 is 13.1. The number of halogens is 2. The van der Waals surface area contributed by atoms with Crippen LogP contribution in [0.4, 0.5) is 15.8 Å². The minimum Gasteiger partial charge on any atom is -0.371 e. The summed E-state index contributed by atoms with van der Waals surface area (Å²) in [5, 5.41) is 6.53. The third-order valence-corrected chi connectivity index (χ3v) is 6.56. The van der Waals surface area contributed by atoms with E-state index in [1.807, 2.05) is 11.0 Å². The average molecular weight is 434 g/mol. The molecule has 2 heterocycles. The number of carbonyl (C=O) groups excluding carboxylic acids is 2. The van der Waals surface area contributed by atoms with Crippen molar-refractivity contribution in [2.45, 2.75) is 24.6 Å². The first-order valence-corrected chi connectivity index (χ1v) is 11.1. The van der Waals surface area contributed by atoms with Crippen molar-refractivity contribution < 1.29 is 14.0 Å². The van der Waals surface area contributed by atoms with Crippen molar-refractivity contribution in [3.8, 4) is 0 Å². The molecular formula is C21H21ClFN3O2S. The summed E-state index contributed by atoms with van der Waals surface area (Å²) in [5.74, 6) is 0.624. The lowest BCUT2D eigenvalue weighted by Crippen LogP contribution is -2.40. The molecule has 0 radical (unpaired) electrons. The molecule has 0 bridgehead atoms. The van der Waals surface area contributed by atoms with E-state index in [0.717, 1.165) is 37.2 Å². The molecule has 1 atom stereocenters. The maximum absolute atomic E-state index is 13.1. The Bertz CT molecular complexity index is 950. The van der Waals surface area contributed by atoms with Crippen molar-refractivity contribution in [1.29, 1.82) is 0 Å². The molecule has 0 spiro atoms.